The van der Waals surface area contributed by atoms with E-state index in [4.69, 9.17) is 5.26 Å². The lowest BCUT2D eigenvalue weighted by atomic mass is 9.91. The molecule has 0 radical (unpaired) electrons. The van der Waals surface area contributed by atoms with Crippen LogP contribution in [0.4, 0.5) is 0 Å². The van der Waals surface area contributed by atoms with Crippen molar-refractivity contribution in [1.82, 2.24) is 4.90 Å². The topological polar surface area (TPSA) is 27.0 Å². The third-order valence-electron chi connectivity index (χ3n) is 2.92. The average molecular weight is 186 g/mol. The van der Waals surface area contributed by atoms with Crippen LogP contribution in [-0.2, 0) is 0 Å². The number of nitrogens with zero attached hydrogens (tertiary/aromatic N) is 2. The minimum Gasteiger partial charge on any atom is -0.302 e. The van der Waals surface area contributed by atoms with Gasteiger partial charge in [-0.15, -0.1) is 0 Å². The maximum Gasteiger partial charge on any atom is 0.0991 e. The lowest BCUT2D eigenvalue weighted by molar-refractivity contribution is 0.157. The predicted octanol–water partition coefficient (Wildman–Crippen LogP) is 1.98. The van der Waals surface area contributed by atoms with Gasteiger partial charge in [0.25, 0.3) is 0 Å². The third-order valence-corrected chi connectivity index (χ3v) is 2.92. The summed E-state index contributed by atoms with van der Waals surface area (Å²) in [7, 11) is 0. The molecule has 14 heavy (non-hydrogen) atoms. The van der Waals surface area contributed by atoms with Crippen molar-refractivity contribution in [3.8, 4) is 6.07 Å². The van der Waals surface area contributed by atoms with Gasteiger partial charge in [-0.1, -0.05) is 19.1 Å². The summed E-state index contributed by atoms with van der Waals surface area (Å²) < 4.78 is 0. The Kier molecular flexibility index (Phi) is 2.51. The Morgan fingerprint density at radius 2 is 2.00 bits per heavy atom. The number of rotatable bonds is 2. The number of hydrogen-bond donors (Lipinski definition) is 0. The first-order valence-electron chi connectivity index (χ1n) is 5.06. The normalized spacial score (nSPS) is 17.4. The highest BCUT2D eigenvalue weighted by Gasteiger charge is 2.26. The highest BCUT2D eigenvalue weighted by molar-refractivity contribution is 5.34. The van der Waals surface area contributed by atoms with Crippen LogP contribution in [0.1, 0.15) is 24.0 Å². The number of benzene rings is 1. The molecule has 0 atom stereocenters. The summed E-state index contributed by atoms with van der Waals surface area (Å²) in [6.07, 6.45) is 0. The molecule has 1 aliphatic rings. The Balaban J connectivity index is 2.02. The molecule has 1 heterocycles. The van der Waals surface area contributed by atoms with E-state index in [-0.39, 0.29) is 0 Å². The smallest absolute Gasteiger partial charge is 0.0991 e. The Bertz CT molecular complexity index is 342. The van der Waals surface area contributed by atoms with E-state index < -0.39 is 0 Å². The van der Waals surface area contributed by atoms with Gasteiger partial charge in [-0.2, -0.15) is 5.26 Å². The Morgan fingerprint density at radius 3 is 2.50 bits per heavy atom. The molecule has 0 saturated carbocycles. The van der Waals surface area contributed by atoms with Gasteiger partial charge in [0.05, 0.1) is 11.6 Å². The van der Waals surface area contributed by atoms with E-state index in [9.17, 15) is 0 Å². The fourth-order valence-corrected chi connectivity index (χ4v) is 1.87. The van der Waals surface area contributed by atoms with Crippen LogP contribution in [0.2, 0.25) is 0 Å². The van der Waals surface area contributed by atoms with E-state index >= 15 is 0 Å². The van der Waals surface area contributed by atoms with E-state index in [1.54, 1.807) is 0 Å². The number of likely N-dealkylation sites (tertiary alicyclic amines) is 1. The maximum atomic E-state index is 8.66. The molecule has 2 nitrogen and oxygen atoms in total. The van der Waals surface area contributed by atoms with E-state index in [1.165, 1.54) is 18.7 Å². The Hall–Kier alpha value is -1.33. The quantitative estimate of drug-likeness (QED) is 0.706. The van der Waals surface area contributed by atoms with Gasteiger partial charge in [0.1, 0.15) is 0 Å². The van der Waals surface area contributed by atoms with Gasteiger partial charge in [0, 0.05) is 19.0 Å². The van der Waals surface area contributed by atoms with E-state index in [2.05, 4.69) is 30.0 Å². The summed E-state index contributed by atoms with van der Waals surface area (Å²) in [5.41, 5.74) is 2.12. The van der Waals surface area contributed by atoms with Crippen molar-refractivity contribution < 1.29 is 0 Å². The summed E-state index contributed by atoms with van der Waals surface area (Å²) in [6, 6.07) is 10.1. The molecule has 0 amide bonds. The second-order valence-electron chi connectivity index (χ2n) is 3.78. The molecule has 1 aromatic carbocycles. The fourth-order valence-electron chi connectivity index (χ4n) is 1.87. The SMILES string of the molecule is CCN1CC(c2ccc(C#N)cc2)C1. The molecular weight excluding hydrogens is 172 g/mol. The van der Waals surface area contributed by atoms with Gasteiger partial charge >= 0.3 is 0 Å². The van der Waals surface area contributed by atoms with E-state index in [0.717, 1.165) is 12.1 Å². The van der Waals surface area contributed by atoms with Crippen molar-refractivity contribution >= 4 is 0 Å². The van der Waals surface area contributed by atoms with Crippen LogP contribution in [0.15, 0.2) is 24.3 Å². The van der Waals surface area contributed by atoms with Gasteiger partial charge in [-0.25, -0.2) is 0 Å². The minimum absolute atomic E-state index is 0.683. The zero-order chi connectivity index (χ0) is 9.97. The van der Waals surface area contributed by atoms with Crippen LogP contribution in [0.3, 0.4) is 0 Å². The zero-order valence-electron chi connectivity index (χ0n) is 8.40. The summed E-state index contributed by atoms with van der Waals surface area (Å²) >= 11 is 0. The van der Waals surface area contributed by atoms with Gasteiger partial charge < -0.3 is 4.90 Å². The molecule has 1 aromatic rings. The largest absolute Gasteiger partial charge is 0.302 e. The van der Waals surface area contributed by atoms with Crippen molar-refractivity contribution in [2.45, 2.75) is 12.8 Å². The molecule has 0 aliphatic carbocycles. The van der Waals surface area contributed by atoms with Crippen molar-refractivity contribution in [3.63, 3.8) is 0 Å². The van der Waals surface area contributed by atoms with Gasteiger partial charge in [0.15, 0.2) is 0 Å². The second kappa shape index (κ2) is 3.81. The van der Waals surface area contributed by atoms with Gasteiger partial charge in [-0.05, 0) is 24.2 Å². The molecule has 72 valence electrons. The van der Waals surface area contributed by atoms with Crippen LogP contribution < -0.4 is 0 Å². The van der Waals surface area contributed by atoms with Crippen LogP contribution in [0, 0.1) is 11.3 Å². The van der Waals surface area contributed by atoms with Crippen molar-refractivity contribution in [1.29, 1.82) is 5.26 Å². The molecule has 0 aromatic heterocycles. The number of hydrogen-bond acceptors (Lipinski definition) is 2. The molecule has 1 saturated heterocycles. The highest BCUT2D eigenvalue weighted by atomic mass is 15.2. The van der Waals surface area contributed by atoms with Crippen molar-refractivity contribution in [2.24, 2.45) is 0 Å². The van der Waals surface area contributed by atoms with Crippen LogP contribution in [0.25, 0.3) is 0 Å². The second-order valence-corrected chi connectivity index (χ2v) is 3.78. The summed E-state index contributed by atoms with van der Waals surface area (Å²) in [5, 5.41) is 8.66. The molecular formula is C12H14N2. The van der Waals surface area contributed by atoms with Crippen LogP contribution in [0.5, 0.6) is 0 Å². The highest BCUT2D eigenvalue weighted by Crippen LogP contribution is 2.26. The Morgan fingerprint density at radius 1 is 1.36 bits per heavy atom. The predicted molar refractivity (Wildman–Crippen MR) is 56.0 cm³/mol. The zero-order valence-corrected chi connectivity index (χ0v) is 8.40. The van der Waals surface area contributed by atoms with Gasteiger partial charge in [-0.3, -0.25) is 0 Å². The summed E-state index contributed by atoms with van der Waals surface area (Å²) in [5.74, 6) is 0.683. The Labute approximate surface area is 84.8 Å². The average Bonchev–Trinajstić information content (AvgIpc) is 2.17. The van der Waals surface area contributed by atoms with Crippen molar-refractivity contribution in [3.05, 3.63) is 35.4 Å². The molecule has 2 rings (SSSR count). The van der Waals surface area contributed by atoms with E-state index in [1.807, 2.05) is 12.1 Å². The summed E-state index contributed by atoms with van der Waals surface area (Å²) in [6.45, 7) is 5.67. The van der Waals surface area contributed by atoms with Gasteiger partial charge in [0.2, 0.25) is 0 Å². The number of likely N-dealkylation sites (N-methyl/N-ethyl adjacent to an activating group) is 1. The first-order chi connectivity index (χ1) is 6.83. The molecule has 1 fully saturated rings. The lowest BCUT2D eigenvalue weighted by Gasteiger charge is -2.38. The fraction of sp³-hybridized carbons (Fsp3) is 0.417. The molecule has 0 unspecified atom stereocenters. The maximum absolute atomic E-state index is 8.66. The minimum atomic E-state index is 0.683. The van der Waals surface area contributed by atoms with E-state index in [0.29, 0.717) is 5.92 Å². The monoisotopic (exact) mass is 186 g/mol. The number of nitriles is 1. The summed E-state index contributed by atoms with van der Waals surface area (Å²) in [4.78, 5) is 2.42. The van der Waals surface area contributed by atoms with Crippen LogP contribution in [-0.4, -0.2) is 24.5 Å². The first-order valence-corrected chi connectivity index (χ1v) is 5.06. The molecule has 0 N–H and O–H groups in total. The lowest BCUT2D eigenvalue weighted by Crippen LogP contribution is -2.44. The molecule has 2 heteroatoms. The third kappa shape index (κ3) is 1.64. The molecule has 0 bridgehead atoms. The standard InChI is InChI=1S/C12H14N2/c1-2-14-8-12(9-14)11-5-3-10(7-13)4-6-11/h3-6,12H,2,8-9H2,1H3. The molecule has 0 spiro atoms. The molecule has 1 aliphatic heterocycles. The van der Waals surface area contributed by atoms with Crippen molar-refractivity contribution in [2.75, 3.05) is 19.6 Å². The first kappa shape index (κ1) is 9.23. The van der Waals surface area contributed by atoms with Crippen LogP contribution >= 0.6 is 0 Å².